The molecule has 144 valence electrons. The molecule has 1 aliphatic rings. The van der Waals surface area contributed by atoms with Crippen LogP contribution in [0.15, 0.2) is 0 Å². The van der Waals surface area contributed by atoms with Gasteiger partial charge in [0.2, 0.25) is 17.7 Å². The highest BCUT2D eigenvalue weighted by Crippen LogP contribution is 2.24. The van der Waals surface area contributed by atoms with E-state index in [1.54, 1.807) is 0 Å². The molecule has 6 nitrogen and oxygen atoms in total. The summed E-state index contributed by atoms with van der Waals surface area (Å²) in [5.41, 5.74) is 5.41. The summed E-state index contributed by atoms with van der Waals surface area (Å²) in [6.45, 7) is 4.66. The fraction of sp³-hybridized carbons (Fsp3) is 0.842. The summed E-state index contributed by atoms with van der Waals surface area (Å²) >= 11 is 0. The van der Waals surface area contributed by atoms with Crippen LogP contribution in [0.2, 0.25) is 0 Å². The fourth-order valence-electron chi connectivity index (χ4n) is 3.26. The van der Waals surface area contributed by atoms with Crippen molar-refractivity contribution in [1.82, 2.24) is 10.6 Å². The Kier molecular flexibility index (Phi) is 10.2. The number of carbonyl (C=O) groups is 3. The first-order chi connectivity index (χ1) is 12.0. The molecular weight excluding hydrogens is 318 g/mol. The zero-order valence-electron chi connectivity index (χ0n) is 15.8. The lowest BCUT2D eigenvalue weighted by molar-refractivity contribution is -0.129. The number of primary amides is 1. The van der Waals surface area contributed by atoms with Crippen molar-refractivity contribution in [2.45, 2.75) is 84.1 Å². The molecule has 1 fully saturated rings. The first-order valence-electron chi connectivity index (χ1n) is 9.83. The third-order valence-electron chi connectivity index (χ3n) is 5.04. The number of carbonyl (C=O) groups excluding carboxylic acids is 3. The Morgan fingerprint density at radius 1 is 1.08 bits per heavy atom. The molecule has 0 bridgehead atoms. The van der Waals surface area contributed by atoms with Gasteiger partial charge in [-0.25, -0.2) is 0 Å². The van der Waals surface area contributed by atoms with Gasteiger partial charge in [0.15, 0.2) is 0 Å². The number of hydrogen-bond acceptors (Lipinski definition) is 3. The quantitative estimate of drug-likeness (QED) is 0.469. The molecular formula is C19H35N3O3. The summed E-state index contributed by atoms with van der Waals surface area (Å²) in [5, 5.41) is 5.74. The monoisotopic (exact) mass is 353 g/mol. The molecule has 6 heteroatoms. The van der Waals surface area contributed by atoms with Crippen molar-refractivity contribution in [2.24, 2.45) is 17.6 Å². The molecule has 25 heavy (non-hydrogen) atoms. The summed E-state index contributed by atoms with van der Waals surface area (Å²) < 4.78 is 0. The van der Waals surface area contributed by atoms with Gasteiger partial charge in [0.1, 0.15) is 6.04 Å². The standard InChI is InChI=1S/C19H35N3O3/c1-3-4-9-14(2)18(24)21-13-8-7-12-16(17(20)23)22-19(25)15-10-5-6-11-15/h14-16H,3-13H2,1-2H3,(H2,20,23)(H,21,24)(H,22,25). The third-order valence-corrected chi connectivity index (χ3v) is 5.04. The van der Waals surface area contributed by atoms with Gasteiger partial charge in [-0.3, -0.25) is 14.4 Å². The van der Waals surface area contributed by atoms with Gasteiger partial charge in [-0.1, -0.05) is 39.5 Å². The summed E-state index contributed by atoms with van der Waals surface area (Å²) in [6, 6.07) is -0.604. The summed E-state index contributed by atoms with van der Waals surface area (Å²) in [6.07, 6.45) is 9.07. The van der Waals surface area contributed by atoms with Crippen molar-refractivity contribution in [3.8, 4) is 0 Å². The predicted molar refractivity (Wildman–Crippen MR) is 98.6 cm³/mol. The molecule has 0 spiro atoms. The summed E-state index contributed by atoms with van der Waals surface area (Å²) in [4.78, 5) is 35.6. The Morgan fingerprint density at radius 2 is 1.76 bits per heavy atom. The molecule has 0 saturated heterocycles. The van der Waals surface area contributed by atoms with E-state index in [2.05, 4.69) is 17.6 Å². The SMILES string of the molecule is CCCCC(C)C(=O)NCCCCC(NC(=O)C1CCCC1)C(N)=O. The largest absolute Gasteiger partial charge is 0.368 e. The average molecular weight is 354 g/mol. The van der Waals surface area contributed by atoms with Gasteiger partial charge in [0.25, 0.3) is 0 Å². The van der Waals surface area contributed by atoms with Crippen LogP contribution in [0.25, 0.3) is 0 Å². The molecule has 0 aromatic rings. The van der Waals surface area contributed by atoms with Gasteiger partial charge in [-0.05, 0) is 38.5 Å². The van der Waals surface area contributed by atoms with Crippen LogP contribution in [-0.2, 0) is 14.4 Å². The molecule has 2 unspecified atom stereocenters. The van der Waals surface area contributed by atoms with Crippen molar-refractivity contribution in [2.75, 3.05) is 6.54 Å². The molecule has 0 aromatic carbocycles. The normalized spacial score (nSPS) is 17.0. The van der Waals surface area contributed by atoms with Gasteiger partial charge in [-0.15, -0.1) is 0 Å². The van der Waals surface area contributed by atoms with E-state index in [9.17, 15) is 14.4 Å². The molecule has 0 aliphatic heterocycles. The van der Waals surface area contributed by atoms with Gasteiger partial charge >= 0.3 is 0 Å². The van der Waals surface area contributed by atoms with Crippen LogP contribution in [0, 0.1) is 11.8 Å². The molecule has 0 radical (unpaired) electrons. The van der Waals surface area contributed by atoms with Crippen LogP contribution in [0.4, 0.5) is 0 Å². The molecule has 0 heterocycles. The van der Waals surface area contributed by atoms with Crippen LogP contribution in [0.5, 0.6) is 0 Å². The first-order valence-corrected chi connectivity index (χ1v) is 9.83. The number of hydrogen-bond donors (Lipinski definition) is 3. The number of nitrogens with two attached hydrogens (primary N) is 1. The lowest BCUT2D eigenvalue weighted by Gasteiger charge is -2.18. The number of amides is 3. The van der Waals surface area contributed by atoms with Crippen molar-refractivity contribution in [3.63, 3.8) is 0 Å². The summed E-state index contributed by atoms with van der Waals surface area (Å²) in [7, 11) is 0. The van der Waals surface area contributed by atoms with Crippen molar-refractivity contribution in [1.29, 1.82) is 0 Å². The number of rotatable bonds is 12. The van der Waals surface area contributed by atoms with Gasteiger partial charge in [-0.2, -0.15) is 0 Å². The molecule has 1 aliphatic carbocycles. The number of unbranched alkanes of at least 4 members (excludes halogenated alkanes) is 2. The molecule has 1 rings (SSSR count). The zero-order valence-corrected chi connectivity index (χ0v) is 15.8. The fourth-order valence-corrected chi connectivity index (χ4v) is 3.26. The van der Waals surface area contributed by atoms with E-state index >= 15 is 0 Å². The van der Waals surface area contributed by atoms with Gasteiger partial charge in [0.05, 0.1) is 0 Å². The molecule has 3 amide bonds. The van der Waals surface area contributed by atoms with Crippen LogP contribution < -0.4 is 16.4 Å². The minimum atomic E-state index is -0.604. The van der Waals surface area contributed by atoms with E-state index in [1.807, 2.05) is 6.92 Å². The highest BCUT2D eigenvalue weighted by atomic mass is 16.2. The smallest absolute Gasteiger partial charge is 0.239 e. The minimum absolute atomic E-state index is 0.0331. The molecule has 4 N–H and O–H groups in total. The van der Waals surface area contributed by atoms with Crippen LogP contribution in [0.1, 0.15) is 78.1 Å². The highest BCUT2D eigenvalue weighted by Gasteiger charge is 2.26. The Bertz CT molecular complexity index is 434. The highest BCUT2D eigenvalue weighted by molar-refractivity contribution is 5.87. The van der Waals surface area contributed by atoms with Gasteiger partial charge in [0, 0.05) is 18.4 Å². The second-order valence-electron chi connectivity index (χ2n) is 7.28. The predicted octanol–water partition coefficient (Wildman–Crippen LogP) is 2.26. The third kappa shape index (κ3) is 8.36. The van der Waals surface area contributed by atoms with Crippen molar-refractivity contribution >= 4 is 17.7 Å². The lowest BCUT2D eigenvalue weighted by atomic mass is 10.0. The maximum absolute atomic E-state index is 12.1. The topological polar surface area (TPSA) is 101 Å². The van der Waals surface area contributed by atoms with E-state index in [4.69, 9.17) is 5.73 Å². The maximum atomic E-state index is 12.1. The van der Waals surface area contributed by atoms with Crippen LogP contribution >= 0.6 is 0 Å². The Balaban J connectivity index is 2.21. The lowest BCUT2D eigenvalue weighted by Crippen LogP contribution is -2.46. The second kappa shape index (κ2) is 11.9. The van der Waals surface area contributed by atoms with E-state index < -0.39 is 11.9 Å². The Hall–Kier alpha value is -1.59. The van der Waals surface area contributed by atoms with Crippen LogP contribution in [-0.4, -0.2) is 30.3 Å². The second-order valence-corrected chi connectivity index (χ2v) is 7.28. The van der Waals surface area contributed by atoms with E-state index in [0.717, 1.165) is 57.8 Å². The van der Waals surface area contributed by atoms with E-state index in [-0.39, 0.29) is 23.7 Å². The zero-order chi connectivity index (χ0) is 18.7. The van der Waals surface area contributed by atoms with E-state index in [1.165, 1.54) is 0 Å². The maximum Gasteiger partial charge on any atom is 0.239 e. The van der Waals surface area contributed by atoms with Crippen molar-refractivity contribution < 1.29 is 14.4 Å². The van der Waals surface area contributed by atoms with Crippen LogP contribution in [0.3, 0.4) is 0 Å². The average Bonchev–Trinajstić information content (AvgIpc) is 3.12. The molecule has 2 atom stereocenters. The van der Waals surface area contributed by atoms with Crippen molar-refractivity contribution in [3.05, 3.63) is 0 Å². The Labute approximate surface area is 151 Å². The minimum Gasteiger partial charge on any atom is -0.368 e. The Morgan fingerprint density at radius 3 is 2.36 bits per heavy atom. The molecule has 0 aromatic heterocycles. The molecule has 1 saturated carbocycles. The van der Waals surface area contributed by atoms with E-state index in [0.29, 0.717) is 13.0 Å². The first kappa shape index (κ1) is 21.5. The number of nitrogens with one attached hydrogen (secondary N) is 2. The van der Waals surface area contributed by atoms with Gasteiger partial charge < -0.3 is 16.4 Å². The summed E-state index contributed by atoms with van der Waals surface area (Å²) in [5.74, 6) is -0.355.